The lowest BCUT2D eigenvalue weighted by Gasteiger charge is -2.13. The van der Waals surface area contributed by atoms with Crippen LogP contribution in [0.15, 0.2) is 121 Å². The molecule has 0 saturated carbocycles. The van der Waals surface area contributed by atoms with E-state index >= 15 is 0 Å². The van der Waals surface area contributed by atoms with Crippen LogP contribution in [0.3, 0.4) is 0 Å². The van der Waals surface area contributed by atoms with E-state index in [-0.39, 0.29) is 0 Å². The summed E-state index contributed by atoms with van der Waals surface area (Å²) in [4.78, 5) is 0. The Morgan fingerprint density at radius 1 is 0.469 bits per heavy atom. The van der Waals surface area contributed by atoms with E-state index in [0.29, 0.717) is 0 Å². The van der Waals surface area contributed by atoms with Gasteiger partial charge in [0.1, 0.15) is 0 Å². The number of nitrogens with zero attached hydrogens (tertiary/aromatic N) is 1. The number of hydrogen-bond acceptors (Lipinski definition) is 0. The van der Waals surface area contributed by atoms with Gasteiger partial charge in [-0.2, -0.15) is 0 Å². The highest BCUT2D eigenvalue weighted by molar-refractivity contribution is 6.30. The molecular formula is C30H20ClN. The van der Waals surface area contributed by atoms with E-state index in [1.807, 2.05) is 18.2 Å². The Labute approximate surface area is 192 Å². The van der Waals surface area contributed by atoms with Crippen LogP contribution in [-0.4, -0.2) is 4.57 Å². The fourth-order valence-corrected chi connectivity index (χ4v) is 4.85. The predicted octanol–water partition coefficient (Wildman–Crippen LogP) is 8.77. The van der Waals surface area contributed by atoms with E-state index < -0.39 is 0 Å². The van der Waals surface area contributed by atoms with Crippen LogP contribution < -0.4 is 0 Å². The van der Waals surface area contributed by atoms with E-state index in [1.54, 1.807) is 0 Å². The second kappa shape index (κ2) is 7.71. The second-order valence-corrected chi connectivity index (χ2v) is 8.41. The highest BCUT2D eigenvalue weighted by Crippen LogP contribution is 2.36. The number of aromatic nitrogens is 1. The Kier molecular flexibility index (Phi) is 4.56. The maximum Gasteiger partial charge on any atom is 0.0541 e. The van der Waals surface area contributed by atoms with Gasteiger partial charge >= 0.3 is 0 Å². The van der Waals surface area contributed by atoms with Crippen molar-refractivity contribution in [3.63, 3.8) is 0 Å². The van der Waals surface area contributed by atoms with Gasteiger partial charge in [-0.25, -0.2) is 0 Å². The molecule has 0 radical (unpaired) electrons. The van der Waals surface area contributed by atoms with E-state index in [4.69, 9.17) is 11.6 Å². The average molecular weight is 430 g/mol. The molecular weight excluding hydrogens is 410 g/mol. The quantitative estimate of drug-likeness (QED) is 0.265. The molecule has 1 heterocycles. The lowest BCUT2D eigenvalue weighted by atomic mass is 9.94. The molecule has 0 aliphatic carbocycles. The molecule has 6 rings (SSSR count). The van der Waals surface area contributed by atoms with Crippen LogP contribution in [-0.2, 0) is 0 Å². The van der Waals surface area contributed by atoms with Gasteiger partial charge in [-0.1, -0.05) is 96.5 Å². The Morgan fingerprint density at radius 2 is 1.00 bits per heavy atom. The summed E-state index contributed by atoms with van der Waals surface area (Å²) < 4.78 is 2.36. The fourth-order valence-electron chi connectivity index (χ4n) is 4.66. The highest BCUT2D eigenvalue weighted by Gasteiger charge is 2.13. The molecule has 32 heavy (non-hydrogen) atoms. The number of benzene rings is 5. The first-order chi connectivity index (χ1) is 15.8. The standard InChI is InChI=1S/C30H20ClN/c31-23-11-7-9-21(19-23)25-13-1-2-14-26(25)22-10-8-12-24(20-22)32-29-17-5-3-15-27(29)28-16-4-6-18-30(28)32/h1-20H. The summed E-state index contributed by atoms with van der Waals surface area (Å²) in [6.45, 7) is 0. The van der Waals surface area contributed by atoms with Crippen molar-refractivity contribution in [2.75, 3.05) is 0 Å². The molecule has 0 spiro atoms. The molecule has 0 saturated heterocycles. The average Bonchev–Trinajstić information content (AvgIpc) is 3.19. The first kappa shape index (κ1) is 18.9. The molecule has 6 aromatic rings. The van der Waals surface area contributed by atoms with Gasteiger partial charge in [-0.05, 0) is 58.7 Å². The van der Waals surface area contributed by atoms with Crippen molar-refractivity contribution in [3.8, 4) is 27.9 Å². The van der Waals surface area contributed by atoms with Crippen molar-refractivity contribution < 1.29 is 0 Å². The summed E-state index contributed by atoms with van der Waals surface area (Å²) in [7, 11) is 0. The zero-order chi connectivity index (χ0) is 21.5. The zero-order valence-corrected chi connectivity index (χ0v) is 18.1. The van der Waals surface area contributed by atoms with Gasteiger partial charge in [-0.3, -0.25) is 0 Å². The molecule has 1 aromatic heterocycles. The van der Waals surface area contributed by atoms with Gasteiger partial charge in [0.25, 0.3) is 0 Å². The van der Waals surface area contributed by atoms with Crippen molar-refractivity contribution in [1.29, 1.82) is 0 Å². The summed E-state index contributed by atoms with van der Waals surface area (Å²) in [5.74, 6) is 0. The van der Waals surface area contributed by atoms with E-state index in [2.05, 4.69) is 108 Å². The lowest BCUT2D eigenvalue weighted by molar-refractivity contribution is 1.18. The summed E-state index contributed by atoms with van der Waals surface area (Å²) in [5.41, 5.74) is 8.26. The molecule has 0 aliphatic heterocycles. The molecule has 0 aliphatic rings. The van der Waals surface area contributed by atoms with Crippen molar-refractivity contribution in [2.45, 2.75) is 0 Å². The molecule has 2 heteroatoms. The SMILES string of the molecule is Clc1cccc(-c2ccccc2-c2cccc(-n3c4ccccc4c4ccccc43)c2)c1. The minimum Gasteiger partial charge on any atom is -0.309 e. The number of para-hydroxylation sites is 2. The summed E-state index contributed by atoms with van der Waals surface area (Å²) >= 11 is 6.29. The van der Waals surface area contributed by atoms with Gasteiger partial charge in [0.05, 0.1) is 11.0 Å². The maximum absolute atomic E-state index is 6.29. The van der Waals surface area contributed by atoms with Crippen molar-refractivity contribution in [2.24, 2.45) is 0 Å². The number of fused-ring (bicyclic) bond motifs is 3. The van der Waals surface area contributed by atoms with E-state index in [0.717, 1.165) is 16.3 Å². The molecule has 5 aromatic carbocycles. The minimum absolute atomic E-state index is 0.747. The number of hydrogen-bond donors (Lipinski definition) is 0. The van der Waals surface area contributed by atoms with Crippen molar-refractivity contribution >= 4 is 33.4 Å². The molecule has 0 N–H and O–H groups in total. The van der Waals surface area contributed by atoms with Crippen molar-refractivity contribution in [1.82, 2.24) is 4.57 Å². The van der Waals surface area contributed by atoms with E-state index in [9.17, 15) is 0 Å². The highest BCUT2D eigenvalue weighted by atomic mass is 35.5. The molecule has 1 nitrogen and oxygen atoms in total. The first-order valence-electron chi connectivity index (χ1n) is 10.7. The molecule has 0 amide bonds. The van der Waals surface area contributed by atoms with Gasteiger partial charge in [0.15, 0.2) is 0 Å². The summed E-state index contributed by atoms with van der Waals surface area (Å²) in [6, 6.07) is 42.6. The molecule has 0 fully saturated rings. The van der Waals surface area contributed by atoms with Crippen LogP contribution in [0, 0.1) is 0 Å². The Bertz CT molecular complexity index is 1540. The molecule has 0 unspecified atom stereocenters. The minimum atomic E-state index is 0.747. The van der Waals surface area contributed by atoms with Crippen LogP contribution >= 0.6 is 11.6 Å². The summed E-state index contributed by atoms with van der Waals surface area (Å²) in [6.07, 6.45) is 0. The van der Waals surface area contributed by atoms with Crippen LogP contribution in [0.2, 0.25) is 5.02 Å². The smallest absolute Gasteiger partial charge is 0.0541 e. The van der Waals surface area contributed by atoms with E-state index in [1.165, 1.54) is 38.5 Å². The Hall–Kier alpha value is -3.81. The molecule has 0 atom stereocenters. The monoisotopic (exact) mass is 429 g/mol. The second-order valence-electron chi connectivity index (χ2n) is 7.98. The maximum atomic E-state index is 6.29. The molecule has 152 valence electrons. The van der Waals surface area contributed by atoms with Gasteiger partial charge in [0, 0.05) is 21.5 Å². The van der Waals surface area contributed by atoms with Crippen LogP contribution in [0.1, 0.15) is 0 Å². The van der Waals surface area contributed by atoms with Crippen LogP contribution in [0.5, 0.6) is 0 Å². The van der Waals surface area contributed by atoms with Gasteiger partial charge in [-0.15, -0.1) is 0 Å². The largest absolute Gasteiger partial charge is 0.309 e. The first-order valence-corrected chi connectivity index (χ1v) is 11.1. The Balaban J connectivity index is 1.58. The van der Waals surface area contributed by atoms with Gasteiger partial charge in [0.2, 0.25) is 0 Å². The molecule has 0 bridgehead atoms. The predicted molar refractivity (Wildman–Crippen MR) is 137 cm³/mol. The number of halogens is 1. The topological polar surface area (TPSA) is 4.93 Å². The summed E-state index contributed by atoms with van der Waals surface area (Å²) in [5, 5.41) is 3.29. The van der Waals surface area contributed by atoms with Crippen LogP contribution in [0.4, 0.5) is 0 Å². The number of rotatable bonds is 3. The fraction of sp³-hybridized carbons (Fsp3) is 0. The normalized spacial score (nSPS) is 11.3. The van der Waals surface area contributed by atoms with Crippen molar-refractivity contribution in [3.05, 3.63) is 126 Å². The lowest BCUT2D eigenvalue weighted by Crippen LogP contribution is -1.94. The zero-order valence-electron chi connectivity index (χ0n) is 17.4. The third kappa shape index (κ3) is 3.10. The third-order valence-electron chi connectivity index (χ3n) is 6.06. The van der Waals surface area contributed by atoms with Crippen LogP contribution in [0.25, 0.3) is 49.7 Å². The Morgan fingerprint density at radius 3 is 1.62 bits per heavy atom. The third-order valence-corrected chi connectivity index (χ3v) is 6.29. The van der Waals surface area contributed by atoms with Gasteiger partial charge < -0.3 is 4.57 Å².